The molecule has 0 bridgehead atoms. The molecule has 0 aliphatic heterocycles. The van der Waals surface area contributed by atoms with Gasteiger partial charge in [0.05, 0.1) is 0 Å². The van der Waals surface area contributed by atoms with E-state index in [0.717, 1.165) is 32.6 Å². The molecular formula is C16H12ClN. The number of hydrogen-bond acceptors (Lipinski definition) is 1. The molecular weight excluding hydrogens is 242 g/mol. The Bertz CT molecular complexity index is 719. The Morgan fingerprint density at radius 1 is 0.778 bits per heavy atom. The molecule has 2 N–H and O–H groups in total. The van der Waals surface area contributed by atoms with Gasteiger partial charge in [-0.25, -0.2) is 0 Å². The summed E-state index contributed by atoms with van der Waals surface area (Å²) in [6, 6.07) is 20.0. The van der Waals surface area contributed by atoms with Crippen LogP contribution in [0, 0.1) is 0 Å². The molecule has 1 nitrogen and oxygen atoms in total. The largest absolute Gasteiger partial charge is 0.398 e. The van der Waals surface area contributed by atoms with E-state index in [-0.39, 0.29) is 0 Å². The molecule has 0 unspecified atom stereocenters. The van der Waals surface area contributed by atoms with Gasteiger partial charge >= 0.3 is 0 Å². The standard InChI is InChI=1S/C16H12ClN/c17-12-5-3-4-11(10-12)13-8-9-16(18)15-7-2-1-6-14(13)15/h1-10H,18H2. The smallest absolute Gasteiger partial charge is 0.0412 e. The van der Waals surface area contributed by atoms with Gasteiger partial charge in [-0.1, -0.05) is 54.1 Å². The maximum absolute atomic E-state index is 6.05. The van der Waals surface area contributed by atoms with Crippen molar-refractivity contribution in [2.24, 2.45) is 0 Å². The highest BCUT2D eigenvalue weighted by atomic mass is 35.5. The van der Waals surface area contributed by atoms with Gasteiger partial charge in [-0.3, -0.25) is 0 Å². The van der Waals surface area contributed by atoms with Crippen LogP contribution >= 0.6 is 11.6 Å². The van der Waals surface area contributed by atoms with E-state index in [1.165, 1.54) is 0 Å². The summed E-state index contributed by atoms with van der Waals surface area (Å²) >= 11 is 6.05. The Kier molecular flexibility index (Phi) is 2.69. The molecule has 0 atom stereocenters. The van der Waals surface area contributed by atoms with Crippen molar-refractivity contribution in [1.82, 2.24) is 0 Å². The number of rotatable bonds is 1. The molecule has 3 aromatic rings. The summed E-state index contributed by atoms with van der Waals surface area (Å²) < 4.78 is 0. The number of nitrogen functional groups attached to an aromatic ring is 1. The lowest BCUT2D eigenvalue weighted by Gasteiger charge is -2.09. The van der Waals surface area contributed by atoms with Gasteiger partial charge in [-0.2, -0.15) is 0 Å². The molecule has 0 radical (unpaired) electrons. The van der Waals surface area contributed by atoms with Crippen molar-refractivity contribution in [1.29, 1.82) is 0 Å². The van der Waals surface area contributed by atoms with Gasteiger partial charge in [0.2, 0.25) is 0 Å². The second kappa shape index (κ2) is 4.35. The molecule has 0 saturated carbocycles. The average molecular weight is 254 g/mol. The Hall–Kier alpha value is -1.99. The van der Waals surface area contributed by atoms with Crippen LogP contribution < -0.4 is 5.73 Å². The van der Waals surface area contributed by atoms with Crippen molar-refractivity contribution in [2.45, 2.75) is 0 Å². The highest BCUT2D eigenvalue weighted by Crippen LogP contribution is 2.32. The molecule has 0 saturated heterocycles. The first-order chi connectivity index (χ1) is 8.75. The zero-order valence-corrected chi connectivity index (χ0v) is 10.5. The van der Waals surface area contributed by atoms with Gasteiger partial charge in [0.25, 0.3) is 0 Å². The summed E-state index contributed by atoms with van der Waals surface area (Å²) in [6.45, 7) is 0. The summed E-state index contributed by atoms with van der Waals surface area (Å²) in [5.74, 6) is 0. The third kappa shape index (κ3) is 1.83. The molecule has 3 aromatic carbocycles. The van der Waals surface area contributed by atoms with Crippen LogP contribution in [-0.2, 0) is 0 Å². The lowest BCUT2D eigenvalue weighted by atomic mass is 9.97. The molecule has 18 heavy (non-hydrogen) atoms. The first-order valence-electron chi connectivity index (χ1n) is 5.79. The van der Waals surface area contributed by atoms with E-state index >= 15 is 0 Å². The predicted octanol–water partition coefficient (Wildman–Crippen LogP) is 4.74. The fourth-order valence-electron chi connectivity index (χ4n) is 2.23. The monoisotopic (exact) mass is 253 g/mol. The highest BCUT2D eigenvalue weighted by molar-refractivity contribution is 6.30. The van der Waals surface area contributed by atoms with E-state index < -0.39 is 0 Å². The fraction of sp³-hybridized carbons (Fsp3) is 0. The zero-order chi connectivity index (χ0) is 12.5. The van der Waals surface area contributed by atoms with Crippen molar-refractivity contribution in [3.8, 4) is 11.1 Å². The minimum Gasteiger partial charge on any atom is -0.398 e. The zero-order valence-electron chi connectivity index (χ0n) is 9.73. The Balaban J connectivity index is 2.33. The molecule has 0 aromatic heterocycles. The van der Waals surface area contributed by atoms with Crippen LogP contribution in [-0.4, -0.2) is 0 Å². The maximum Gasteiger partial charge on any atom is 0.0412 e. The normalized spacial score (nSPS) is 10.7. The Labute approximate surface area is 111 Å². The SMILES string of the molecule is Nc1ccc(-c2cccc(Cl)c2)c2ccccc12. The number of nitrogens with two attached hydrogens (primary N) is 1. The van der Waals surface area contributed by atoms with Gasteiger partial charge < -0.3 is 5.73 Å². The third-order valence-corrected chi connectivity index (χ3v) is 3.33. The van der Waals surface area contributed by atoms with Crippen LogP contribution in [0.1, 0.15) is 0 Å². The first kappa shape index (κ1) is 11.1. The van der Waals surface area contributed by atoms with Crippen LogP contribution in [0.25, 0.3) is 21.9 Å². The number of halogens is 1. The number of anilines is 1. The fourth-order valence-corrected chi connectivity index (χ4v) is 2.42. The van der Waals surface area contributed by atoms with Crippen LogP contribution in [0.2, 0.25) is 5.02 Å². The molecule has 0 aliphatic carbocycles. The van der Waals surface area contributed by atoms with E-state index in [1.54, 1.807) is 0 Å². The third-order valence-electron chi connectivity index (χ3n) is 3.09. The molecule has 0 spiro atoms. The quantitative estimate of drug-likeness (QED) is 0.623. The van der Waals surface area contributed by atoms with Crippen LogP contribution in [0.5, 0.6) is 0 Å². The van der Waals surface area contributed by atoms with Gasteiger partial charge in [-0.15, -0.1) is 0 Å². The van der Waals surface area contributed by atoms with E-state index in [9.17, 15) is 0 Å². The predicted molar refractivity (Wildman–Crippen MR) is 78.8 cm³/mol. The van der Waals surface area contributed by atoms with E-state index in [1.807, 2.05) is 48.5 Å². The molecule has 3 rings (SSSR count). The van der Waals surface area contributed by atoms with Crippen molar-refractivity contribution in [3.05, 3.63) is 65.7 Å². The molecule has 88 valence electrons. The van der Waals surface area contributed by atoms with Crippen LogP contribution in [0.15, 0.2) is 60.7 Å². The summed E-state index contributed by atoms with van der Waals surface area (Å²) in [5.41, 5.74) is 9.07. The van der Waals surface area contributed by atoms with Crippen molar-refractivity contribution in [3.63, 3.8) is 0 Å². The van der Waals surface area contributed by atoms with E-state index in [0.29, 0.717) is 0 Å². The van der Waals surface area contributed by atoms with Gasteiger partial charge in [-0.05, 0) is 34.7 Å². The minimum absolute atomic E-state index is 0.744. The maximum atomic E-state index is 6.05. The Morgan fingerprint density at radius 2 is 1.56 bits per heavy atom. The average Bonchev–Trinajstić information content (AvgIpc) is 2.39. The molecule has 2 heteroatoms. The second-order valence-corrected chi connectivity index (χ2v) is 4.69. The minimum atomic E-state index is 0.744. The van der Waals surface area contributed by atoms with E-state index in [2.05, 4.69) is 12.1 Å². The van der Waals surface area contributed by atoms with Crippen molar-refractivity contribution < 1.29 is 0 Å². The lowest BCUT2D eigenvalue weighted by molar-refractivity contribution is 1.64. The van der Waals surface area contributed by atoms with Crippen LogP contribution in [0.4, 0.5) is 5.69 Å². The molecule has 0 amide bonds. The van der Waals surface area contributed by atoms with E-state index in [4.69, 9.17) is 17.3 Å². The van der Waals surface area contributed by atoms with Crippen LogP contribution in [0.3, 0.4) is 0 Å². The van der Waals surface area contributed by atoms with Crippen molar-refractivity contribution >= 4 is 28.1 Å². The number of hydrogen-bond donors (Lipinski definition) is 1. The lowest BCUT2D eigenvalue weighted by Crippen LogP contribution is -1.89. The van der Waals surface area contributed by atoms with Gasteiger partial charge in [0, 0.05) is 16.1 Å². The summed E-state index contributed by atoms with van der Waals surface area (Å²) in [6.07, 6.45) is 0. The summed E-state index contributed by atoms with van der Waals surface area (Å²) in [4.78, 5) is 0. The second-order valence-electron chi connectivity index (χ2n) is 4.26. The molecule has 0 aliphatic rings. The first-order valence-corrected chi connectivity index (χ1v) is 6.17. The molecule has 0 fully saturated rings. The van der Waals surface area contributed by atoms with Gasteiger partial charge in [0.15, 0.2) is 0 Å². The molecule has 0 heterocycles. The topological polar surface area (TPSA) is 26.0 Å². The summed E-state index contributed by atoms with van der Waals surface area (Å²) in [7, 11) is 0. The summed E-state index contributed by atoms with van der Waals surface area (Å²) in [5, 5.41) is 2.98. The highest BCUT2D eigenvalue weighted by Gasteiger charge is 2.05. The van der Waals surface area contributed by atoms with Crippen molar-refractivity contribution in [2.75, 3.05) is 5.73 Å². The Morgan fingerprint density at radius 3 is 2.33 bits per heavy atom. The number of benzene rings is 3. The number of fused-ring (bicyclic) bond motifs is 1. The van der Waals surface area contributed by atoms with Gasteiger partial charge in [0.1, 0.15) is 0 Å².